The molecule has 1 saturated heterocycles. The molecule has 1 fully saturated rings. The number of ether oxygens (including phenoxy) is 4. The summed E-state index contributed by atoms with van der Waals surface area (Å²) in [6.45, 7) is 3.82. The molecule has 2 aliphatic carbocycles. The Bertz CT molecular complexity index is 3600. The number of aliphatic hydroxyl groups is 3. The van der Waals surface area contributed by atoms with Crippen LogP contribution in [-0.4, -0.2) is 154 Å². The summed E-state index contributed by atoms with van der Waals surface area (Å²) >= 11 is 0. The fraction of sp³-hybridized carbons (Fsp3) is 0.308. The van der Waals surface area contributed by atoms with E-state index in [1.54, 1.807) is 19.1 Å². The number of rotatable bonds is 21. The number of Topliss-reactive ketones (excluding diaryl/α,β-unsaturated/α-hetero) is 1. The number of carbonyl (C=O) groups is 4. The van der Waals surface area contributed by atoms with Gasteiger partial charge in [-0.25, -0.2) is 0 Å². The minimum atomic E-state index is -2.37. The Morgan fingerprint density at radius 1 is 0.871 bits per heavy atom. The van der Waals surface area contributed by atoms with Crippen LogP contribution in [-0.2, 0) is 25.5 Å². The monoisotopic (exact) mass is 1160 g/mol. The number of fused-ring (bicyclic) bond motifs is 3. The Labute approximate surface area is 490 Å². The Kier molecular flexibility index (Phi) is 19.1. The van der Waals surface area contributed by atoms with Crippen molar-refractivity contribution >= 4 is 40.6 Å². The molecule has 0 saturated carbocycles. The molecule has 0 spiro atoms. The van der Waals surface area contributed by atoms with E-state index >= 15 is 0 Å². The third-order valence-corrected chi connectivity index (χ3v) is 15.3. The Hall–Kier alpha value is -8.91. The number of likely N-dealkylation sites (N-methyl/N-ethyl adjacent to an activating group) is 1. The fourth-order valence-corrected chi connectivity index (χ4v) is 10.9. The standard InChI is InChI=1S/C65H66N4O16/c1-5-44(39-12-7-6-8-13-39)54(40-17-21-42(71)22-18-40)41-19-23-43(24-20-41)82-29-27-69(3)26-9-10-28-83-68-34-38-16-25-49(72)46(30-38)64(79)67-36-66-48-31-53(84-37(2)59(48)74)85-51-33-65(80,52(73)35-70)32-47-56(51)63(78)58-57(61(47)76)60(75)45-14-11-15-50(81-4)55(45)62(58)77/h6-8,11-25,30,34,37,48,51,53,59,66,70-72,74,76,78,80H,5,26-29,31-33,35-36H2,1-4H3,(H,67,79)/b54-44?,68-34+/t37?,48?,51-,53?,59?,65-/m0/s1. The molecule has 6 aromatic rings. The van der Waals surface area contributed by atoms with Crippen LogP contribution in [0.15, 0.2) is 120 Å². The summed E-state index contributed by atoms with van der Waals surface area (Å²) in [5.74, 6) is 1.74. The van der Waals surface area contributed by atoms with Crippen molar-refractivity contribution in [2.24, 2.45) is 5.16 Å². The number of nitrogens with one attached hydrogen (secondary N) is 2. The van der Waals surface area contributed by atoms with Gasteiger partial charge in [0, 0.05) is 48.5 Å². The molecule has 6 aromatic carbocycles. The van der Waals surface area contributed by atoms with Crippen molar-refractivity contribution in [1.29, 1.82) is 0 Å². The van der Waals surface area contributed by atoms with Crippen LogP contribution in [0.5, 0.6) is 34.5 Å². The van der Waals surface area contributed by atoms with E-state index in [0.29, 0.717) is 25.3 Å². The number of carbonyl (C=O) groups excluding carboxylic acids is 4. The Morgan fingerprint density at radius 2 is 1.59 bits per heavy atom. The van der Waals surface area contributed by atoms with E-state index in [-0.39, 0.29) is 64.8 Å². The van der Waals surface area contributed by atoms with Crippen molar-refractivity contribution in [3.8, 4) is 46.3 Å². The number of nitrogens with zero attached hydrogens (tertiary/aromatic N) is 2. The van der Waals surface area contributed by atoms with Crippen LogP contribution >= 0.6 is 0 Å². The Balaban J connectivity index is 0.756. The third-order valence-electron chi connectivity index (χ3n) is 15.3. The van der Waals surface area contributed by atoms with Crippen LogP contribution in [0, 0.1) is 11.8 Å². The van der Waals surface area contributed by atoms with Crippen molar-refractivity contribution in [3.05, 3.63) is 176 Å². The summed E-state index contributed by atoms with van der Waals surface area (Å²) in [5.41, 5.74) is 1.62. The van der Waals surface area contributed by atoms with Crippen LogP contribution < -0.4 is 20.1 Å². The third kappa shape index (κ3) is 13.2. The molecule has 0 bridgehead atoms. The summed E-state index contributed by atoms with van der Waals surface area (Å²) in [4.78, 5) is 61.8. The second kappa shape index (κ2) is 26.8. The summed E-state index contributed by atoms with van der Waals surface area (Å²) in [5, 5.41) is 86.6. The van der Waals surface area contributed by atoms with Gasteiger partial charge in [0.05, 0.1) is 67.1 Å². The Morgan fingerprint density at radius 3 is 2.29 bits per heavy atom. The molecule has 9 rings (SSSR count). The normalized spacial score (nSPS) is 20.1. The van der Waals surface area contributed by atoms with E-state index in [1.165, 1.54) is 55.3 Å². The molecule has 0 aromatic heterocycles. The number of hydrogen-bond donors (Lipinski definition) is 9. The average Bonchev–Trinajstić information content (AvgIpc) is 1.00. The summed E-state index contributed by atoms with van der Waals surface area (Å²) < 4.78 is 23.7. The zero-order valence-electron chi connectivity index (χ0n) is 47.2. The van der Waals surface area contributed by atoms with Gasteiger partial charge in [0.15, 0.2) is 24.5 Å². The maximum atomic E-state index is 14.1. The number of ketones is 3. The van der Waals surface area contributed by atoms with E-state index in [9.17, 15) is 54.9 Å². The lowest BCUT2D eigenvalue weighted by Crippen LogP contribution is -2.56. The average molecular weight is 1160 g/mol. The van der Waals surface area contributed by atoms with Gasteiger partial charge in [-0.3, -0.25) is 29.4 Å². The lowest BCUT2D eigenvalue weighted by atomic mass is 9.72. The highest BCUT2D eigenvalue weighted by molar-refractivity contribution is 6.31. The maximum Gasteiger partial charge on any atom is 0.256 e. The molecule has 3 aliphatic rings. The van der Waals surface area contributed by atoms with Gasteiger partial charge >= 0.3 is 0 Å². The van der Waals surface area contributed by atoms with Gasteiger partial charge in [-0.1, -0.05) is 90.7 Å². The van der Waals surface area contributed by atoms with Gasteiger partial charge in [0.1, 0.15) is 53.3 Å². The first-order chi connectivity index (χ1) is 40.9. The maximum absolute atomic E-state index is 14.1. The first kappa shape index (κ1) is 60.7. The van der Waals surface area contributed by atoms with Crippen LogP contribution in [0.4, 0.5) is 0 Å². The molecular weight excluding hydrogens is 1090 g/mol. The number of benzene rings is 6. The van der Waals surface area contributed by atoms with E-state index in [2.05, 4.69) is 46.7 Å². The van der Waals surface area contributed by atoms with Crippen molar-refractivity contribution in [2.75, 3.05) is 53.7 Å². The molecule has 1 heterocycles. The van der Waals surface area contributed by atoms with Crippen molar-refractivity contribution < 1.29 is 78.7 Å². The number of aliphatic hydroxyl groups excluding tert-OH is 2. The number of phenolic OH excluding ortho intramolecular Hbond substituents is 4. The van der Waals surface area contributed by atoms with Gasteiger partial charge in [-0.05, 0) is 102 Å². The van der Waals surface area contributed by atoms with Gasteiger partial charge in [-0.15, -0.1) is 0 Å². The fourth-order valence-electron chi connectivity index (χ4n) is 10.9. The minimum Gasteiger partial charge on any atom is -0.508 e. The molecule has 20 nitrogen and oxygen atoms in total. The highest BCUT2D eigenvalue weighted by Crippen LogP contribution is 2.53. The number of allylic oxidation sites excluding steroid dienone is 1. The predicted octanol–water partition coefficient (Wildman–Crippen LogP) is 6.16. The van der Waals surface area contributed by atoms with Gasteiger partial charge in [0.25, 0.3) is 5.91 Å². The van der Waals surface area contributed by atoms with Gasteiger partial charge in [-0.2, -0.15) is 0 Å². The van der Waals surface area contributed by atoms with Crippen LogP contribution in [0.3, 0.4) is 0 Å². The SMILES string of the molecule is CCC(=C(c1ccc(O)cc1)c1ccc(OCCN(C)CC#CCO/N=C/c2ccc(O)c(C(=O)NCNC3CC(O[C@H]4C[C@](O)(C(=O)CO)Cc5c(O)c6c(c(O)c54)C(=O)c4c(OC)cccc4C6=O)OC(C)C3O)c2)cc1)c1ccccc1. The molecule has 20 heteroatoms. The first-order valence-electron chi connectivity index (χ1n) is 27.6. The van der Waals surface area contributed by atoms with Crippen LogP contribution in [0.25, 0.3) is 11.1 Å². The van der Waals surface area contributed by atoms with Crippen LogP contribution in [0.2, 0.25) is 0 Å². The molecule has 4 unspecified atom stereocenters. The quantitative estimate of drug-likeness (QED) is 0.00740. The largest absolute Gasteiger partial charge is 0.508 e. The topological polar surface area (TPSA) is 296 Å². The second-order valence-electron chi connectivity index (χ2n) is 20.9. The van der Waals surface area contributed by atoms with Gasteiger partial charge in [0.2, 0.25) is 5.78 Å². The first-order valence-corrected chi connectivity index (χ1v) is 27.6. The second-order valence-corrected chi connectivity index (χ2v) is 20.9. The number of aromatic hydroxyl groups is 4. The molecule has 442 valence electrons. The highest BCUT2D eigenvalue weighted by Gasteiger charge is 2.50. The molecule has 1 aliphatic heterocycles. The minimum absolute atomic E-state index is 0.0144. The number of amides is 1. The van der Waals surface area contributed by atoms with E-state index < -0.39 is 102 Å². The van der Waals surface area contributed by atoms with Crippen LogP contribution in [0.1, 0.15) is 115 Å². The molecule has 0 radical (unpaired) electrons. The van der Waals surface area contributed by atoms with Crippen molar-refractivity contribution in [3.63, 3.8) is 0 Å². The summed E-state index contributed by atoms with van der Waals surface area (Å²) in [7, 11) is 3.23. The number of phenols is 4. The lowest BCUT2D eigenvalue weighted by molar-refractivity contribution is -0.249. The van der Waals surface area contributed by atoms with Crippen molar-refractivity contribution in [1.82, 2.24) is 15.5 Å². The zero-order chi connectivity index (χ0) is 60.5. The molecule has 6 atom stereocenters. The summed E-state index contributed by atoms with van der Waals surface area (Å²) in [6.07, 6.45) is -4.02. The molecule has 85 heavy (non-hydrogen) atoms. The summed E-state index contributed by atoms with van der Waals surface area (Å²) in [6, 6.07) is 33.2. The molecule has 1 amide bonds. The van der Waals surface area contributed by atoms with E-state index in [1.807, 2.05) is 66.5 Å². The highest BCUT2D eigenvalue weighted by atomic mass is 16.7. The molecule has 9 N–H and O–H groups in total. The smallest absolute Gasteiger partial charge is 0.256 e. The predicted molar refractivity (Wildman–Crippen MR) is 313 cm³/mol. The van der Waals surface area contributed by atoms with Crippen molar-refractivity contribution in [2.45, 2.75) is 75.8 Å². The van der Waals surface area contributed by atoms with E-state index in [4.69, 9.17) is 23.8 Å². The number of methoxy groups -OCH3 is 1. The number of oxime groups is 1. The molecular formula is C65H66N4O16. The van der Waals surface area contributed by atoms with Gasteiger partial charge < -0.3 is 64.8 Å². The number of hydrogen-bond acceptors (Lipinski definition) is 19. The zero-order valence-corrected chi connectivity index (χ0v) is 47.2. The van der Waals surface area contributed by atoms with E-state index in [0.717, 1.165) is 34.4 Å². The lowest BCUT2D eigenvalue weighted by Gasteiger charge is -2.43.